The molecule has 0 radical (unpaired) electrons. The van der Waals surface area contributed by atoms with E-state index in [1.54, 1.807) is 22.9 Å². The van der Waals surface area contributed by atoms with Crippen LogP contribution < -0.4 is 10.3 Å². The van der Waals surface area contributed by atoms with Gasteiger partial charge in [0.1, 0.15) is 6.54 Å². The molecule has 1 amide bonds. The maximum atomic E-state index is 13.0. The number of benzene rings is 3. The second-order valence-electron chi connectivity index (χ2n) is 6.22. The van der Waals surface area contributed by atoms with Gasteiger partial charge in [-0.2, -0.15) is 5.10 Å². The summed E-state index contributed by atoms with van der Waals surface area (Å²) in [5, 5.41) is 4.22. The first-order valence-corrected chi connectivity index (χ1v) is 9.56. The molecule has 3 aromatic carbocycles. The van der Waals surface area contributed by atoms with E-state index in [0.29, 0.717) is 0 Å². The normalized spacial score (nSPS) is 12.6. The summed E-state index contributed by atoms with van der Waals surface area (Å²) in [5.74, 6) is -0.0443. The first-order chi connectivity index (χ1) is 13.2. The third-order valence-electron chi connectivity index (χ3n) is 4.40. The molecule has 0 aromatic heterocycles. The molecule has 0 unspecified atom stereocenters. The number of carbonyl (C=O) groups excluding carboxylic acids is 1. The Morgan fingerprint density at radius 1 is 0.963 bits per heavy atom. The number of nitrogens with zero attached hydrogens (tertiary/aromatic N) is 2. The fraction of sp³-hybridized carbons (Fsp3) is 0.0909. The summed E-state index contributed by atoms with van der Waals surface area (Å²) in [5.41, 5.74) is 6.89. The van der Waals surface area contributed by atoms with Crippen LogP contribution in [0.4, 0.5) is 11.4 Å². The van der Waals surface area contributed by atoms with Crippen LogP contribution in [0.25, 0.3) is 0 Å². The number of hydrazone groups is 1. The Hall–Kier alpha value is -3.05. The quantitative estimate of drug-likeness (QED) is 0.530. The summed E-state index contributed by atoms with van der Waals surface area (Å²) >= 11 is 1.69. The average molecular weight is 373 g/mol. The minimum Gasteiger partial charge on any atom is -0.301 e. The highest BCUT2D eigenvalue weighted by Gasteiger charge is 2.27. The monoisotopic (exact) mass is 373 g/mol. The van der Waals surface area contributed by atoms with Crippen molar-refractivity contribution in [3.8, 4) is 0 Å². The number of rotatable bonds is 4. The fourth-order valence-corrected chi connectivity index (χ4v) is 4.07. The molecular formula is C22H19N3OS. The maximum Gasteiger partial charge on any atom is 0.252 e. The topological polar surface area (TPSA) is 44.7 Å². The van der Waals surface area contributed by atoms with E-state index in [-0.39, 0.29) is 12.5 Å². The summed E-state index contributed by atoms with van der Waals surface area (Å²) in [4.78, 5) is 16.9. The lowest BCUT2D eigenvalue weighted by molar-refractivity contribution is -0.117. The van der Waals surface area contributed by atoms with Gasteiger partial charge < -0.3 is 5.43 Å². The predicted octanol–water partition coefficient (Wildman–Crippen LogP) is 4.75. The van der Waals surface area contributed by atoms with Gasteiger partial charge in [0.05, 0.1) is 17.6 Å². The van der Waals surface area contributed by atoms with Crippen molar-refractivity contribution >= 4 is 35.3 Å². The molecule has 27 heavy (non-hydrogen) atoms. The molecule has 0 saturated carbocycles. The third-order valence-corrected chi connectivity index (χ3v) is 5.53. The Bertz CT molecular complexity index is 970. The van der Waals surface area contributed by atoms with Crippen LogP contribution in [0.15, 0.2) is 87.7 Å². The second kappa shape index (κ2) is 7.68. The Labute approximate surface area is 162 Å². The van der Waals surface area contributed by atoms with E-state index >= 15 is 0 Å². The smallest absolute Gasteiger partial charge is 0.252 e. The van der Waals surface area contributed by atoms with E-state index in [4.69, 9.17) is 0 Å². The van der Waals surface area contributed by atoms with Crippen molar-refractivity contribution < 1.29 is 4.79 Å². The maximum absolute atomic E-state index is 13.0. The number of fused-ring (bicyclic) bond motifs is 2. The van der Waals surface area contributed by atoms with E-state index in [1.807, 2.05) is 79.7 Å². The van der Waals surface area contributed by atoms with E-state index in [0.717, 1.165) is 32.3 Å². The van der Waals surface area contributed by atoms with Crippen LogP contribution in [0.5, 0.6) is 0 Å². The van der Waals surface area contributed by atoms with Crippen LogP contribution in [-0.2, 0) is 4.79 Å². The van der Waals surface area contributed by atoms with Crippen molar-refractivity contribution in [2.75, 3.05) is 11.4 Å². The van der Waals surface area contributed by atoms with Crippen LogP contribution in [0.1, 0.15) is 11.1 Å². The first kappa shape index (κ1) is 17.4. The van der Waals surface area contributed by atoms with Gasteiger partial charge in [0.25, 0.3) is 5.91 Å². The molecule has 4 nitrogen and oxygen atoms in total. The molecule has 0 atom stereocenters. The van der Waals surface area contributed by atoms with Gasteiger partial charge >= 0.3 is 0 Å². The Morgan fingerprint density at radius 3 is 2.22 bits per heavy atom. The minimum absolute atomic E-state index is 0.0443. The zero-order valence-corrected chi connectivity index (χ0v) is 15.7. The van der Waals surface area contributed by atoms with Gasteiger partial charge in [-0.05, 0) is 42.3 Å². The van der Waals surface area contributed by atoms with E-state index in [9.17, 15) is 4.79 Å². The number of para-hydroxylation sites is 2. The molecular weight excluding hydrogens is 354 g/mol. The highest BCUT2D eigenvalue weighted by molar-refractivity contribution is 7.99. The number of nitrogens with one attached hydrogen (secondary N) is 1. The van der Waals surface area contributed by atoms with Gasteiger partial charge in [-0.25, -0.2) is 0 Å². The SMILES string of the molecule is Cc1ccccc1/C=N/NCC(=O)N1c2ccccc2Sc2ccccc21. The highest BCUT2D eigenvalue weighted by atomic mass is 32.2. The largest absolute Gasteiger partial charge is 0.301 e. The molecule has 5 heteroatoms. The van der Waals surface area contributed by atoms with Gasteiger partial charge in [0, 0.05) is 9.79 Å². The summed E-state index contributed by atoms with van der Waals surface area (Å²) in [7, 11) is 0. The third kappa shape index (κ3) is 3.59. The molecule has 0 fully saturated rings. The summed E-state index contributed by atoms with van der Waals surface area (Å²) in [6, 6.07) is 23.9. The molecule has 1 heterocycles. The number of hydrogen-bond acceptors (Lipinski definition) is 4. The lowest BCUT2D eigenvalue weighted by Crippen LogP contribution is -2.35. The molecule has 3 aromatic rings. The van der Waals surface area contributed by atoms with Crippen LogP contribution >= 0.6 is 11.8 Å². The van der Waals surface area contributed by atoms with Crippen molar-refractivity contribution in [1.29, 1.82) is 0 Å². The summed E-state index contributed by atoms with van der Waals surface area (Å²) < 4.78 is 0. The van der Waals surface area contributed by atoms with Gasteiger partial charge in [-0.3, -0.25) is 9.69 Å². The van der Waals surface area contributed by atoms with Crippen LogP contribution in [0.2, 0.25) is 0 Å². The lowest BCUT2D eigenvalue weighted by Gasteiger charge is -2.30. The number of aryl methyl sites for hydroxylation is 1. The van der Waals surface area contributed by atoms with Gasteiger partial charge in [-0.15, -0.1) is 0 Å². The molecule has 1 N–H and O–H groups in total. The minimum atomic E-state index is -0.0443. The zero-order valence-electron chi connectivity index (χ0n) is 14.9. The molecule has 1 aliphatic heterocycles. The average Bonchev–Trinajstić information content (AvgIpc) is 2.70. The van der Waals surface area contributed by atoms with E-state index in [1.165, 1.54) is 0 Å². The van der Waals surface area contributed by atoms with Crippen molar-refractivity contribution in [2.45, 2.75) is 16.7 Å². The highest BCUT2D eigenvalue weighted by Crippen LogP contribution is 2.47. The second-order valence-corrected chi connectivity index (χ2v) is 7.30. The van der Waals surface area contributed by atoms with Gasteiger partial charge in [0.15, 0.2) is 0 Å². The van der Waals surface area contributed by atoms with Gasteiger partial charge in [-0.1, -0.05) is 60.3 Å². The molecule has 0 bridgehead atoms. The molecule has 0 spiro atoms. The molecule has 1 aliphatic rings. The van der Waals surface area contributed by atoms with Crippen LogP contribution in [0, 0.1) is 6.92 Å². The van der Waals surface area contributed by atoms with Crippen molar-refractivity contribution in [2.24, 2.45) is 5.10 Å². The standard InChI is InChI=1S/C22H19N3OS/c1-16-8-2-3-9-17(16)14-23-24-15-22(26)25-18-10-4-6-12-20(18)27-21-13-7-5-11-19(21)25/h2-14,24H,15H2,1H3/b23-14+. The van der Waals surface area contributed by atoms with Crippen molar-refractivity contribution in [3.63, 3.8) is 0 Å². The number of anilines is 2. The Morgan fingerprint density at radius 2 is 1.56 bits per heavy atom. The van der Waals surface area contributed by atoms with Crippen LogP contribution in [-0.4, -0.2) is 18.7 Å². The fourth-order valence-electron chi connectivity index (χ4n) is 3.01. The van der Waals surface area contributed by atoms with Crippen molar-refractivity contribution in [1.82, 2.24) is 5.43 Å². The number of hydrogen-bond donors (Lipinski definition) is 1. The number of amides is 1. The molecule has 134 valence electrons. The Kier molecular flexibility index (Phi) is 4.94. The predicted molar refractivity (Wildman–Crippen MR) is 111 cm³/mol. The number of carbonyl (C=O) groups is 1. The van der Waals surface area contributed by atoms with E-state index in [2.05, 4.69) is 10.5 Å². The Balaban J connectivity index is 1.53. The van der Waals surface area contributed by atoms with Crippen LogP contribution in [0.3, 0.4) is 0 Å². The zero-order chi connectivity index (χ0) is 18.6. The van der Waals surface area contributed by atoms with Crippen molar-refractivity contribution in [3.05, 3.63) is 83.9 Å². The summed E-state index contributed by atoms with van der Waals surface area (Å²) in [6.45, 7) is 2.15. The summed E-state index contributed by atoms with van der Waals surface area (Å²) in [6.07, 6.45) is 1.75. The first-order valence-electron chi connectivity index (χ1n) is 8.74. The lowest BCUT2D eigenvalue weighted by atomic mass is 10.1. The molecule has 0 saturated heterocycles. The molecule has 4 rings (SSSR count). The van der Waals surface area contributed by atoms with E-state index < -0.39 is 0 Å². The van der Waals surface area contributed by atoms with Gasteiger partial charge in [0.2, 0.25) is 0 Å². The molecule has 0 aliphatic carbocycles.